The van der Waals surface area contributed by atoms with Crippen LogP contribution in [0.1, 0.15) is 15.9 Å². The molecule has 4 aromatic rings. The van der Waals surface area contributed by atoms with Crippen LogP contribution in [0.3, 0.4) is 0 Å². The maximum Gasteiger partial charge on any atom is 0.185 e. The molecule has 0 aliphatic heterocycles. The van der Waals surface area contributed by atoms with E-state index in [1.807, 2.05) is 84.9 Å². The molecule has 0 fully saturated rings. The van der Waals surface area contributed by atoms with Crippen LogP contribution >= 0.6 is 0 Å². The topological polar surface area (TPSA) is 78.3 Å². The molecule has 0 bridgehead atoms. The number of nitrogens with two attached hydrogens (primary N) is 2. The highest BCUT2D eigenvalue weighted by molar-refractivity contribution is 6.06. The van der Waals surface area contributed by atoms with Crippen LogP contribution in [-0.4, -0.2) is 5.78 Å². The van der Waals surface area contributed by atoms with Crippen LogP contribution in [0, 0.1) is 0 Å². The normalized spacial score (nSPS) is 10.8. The Morgan fingerprint density at radius 3 is 2.03 bits per heavy atom. The molecular formula is C27H22N2O2. The summed E-state index contributed by atoms with van der Waals surface area (Å²) in [5.74, 6) is 1.25. The zero-order valence-corrected chi connectivity index (χ0v) is 16.9. The molecule has 0 heterocycles. The number of benzene rings is 4. The molecule has 0 unspecified atom stereocenters. The van der Waals surface area contributed by atoms with E-state index < -0.39 is 0 Å². The zero-order chi connectivity index (χ0) is 21.6. The number of hydrogen-bond acceptors (Lipinski definition) is 4. The van der Waals surface area contributed by atoms with Crippen molar-refractivity contribution in [1.29, 1.82) is 0 Å². The molecule has 4 aromatic carbocycles. The first kappa shape index (κ1) is 20.0. The molecule has 0 aliphatic carbocycles. The van der Waals surface area contributed by atoms with Crippen LogP contribution < -0.4 is 16.2 Å². The van der Waals surface area contributed by atoms with Gasteiger partial charge < -0.3 is 16.2 Å². The molecule has 0 amide bonds. The Kier molecular flexibility index (Phi) is 5.81. The summed E-state index contributed by atoms with van der Waals surface area (Å²) < 4.78 is 5.84. The molecule has 4 nitrogen and oxygen atoms in total. The minimum Gasteiger partial charge on any atom is -0.455 e. The van der Waals surface area contributed by atoms with Crippen LogP contribution in [0.4, 0.5) is 11.4 Å². The summed E-state index contributed by atoms with van der Waals surface area (Å²) in [5, 5.41) is 0. The molecule has 0 saturated heterocycles. The average Bonchev–Trinajstić information content (AvgIpc) is 2.81. The number of rotatable bonds is 6. The monoisotopic (exact) mass is 406 g/mol. The molecule has 4 N–H and O–H groups in total. The van der Waals surface area contributed by atoms with Crippen LogP contribution in [0.2, 0.25) is 0 Å². The van der Waals surface area contributed by atoms with Gasteiger partial charge in [-0.15, -0.1) is 0 Å². The predicted octanol–water partition coefficient (Wildman–Crippen LogP) is 6.21. The van der Waals surface area contributed by atoms with E-state index in [0.29, 0.717) is 28.4 Å². The second-order valence-corrected chi connectivity index (χ2v) is 7.11. The highest BCUT2D eigenvalue weighted by atomic mass is 16.5. The fourth-order valence-corrected chi connectivity index (χ4v) is 3.16. The average molecular weight is 406 g/mol. The lowest BCUT2D eigenvalue weighted by Gasteiger charge is -2.10. The lowest BCUT2D eigenvalue weighted by molar-refractivity contribution is 0.104. The molecule has 152 valence electrons. The number of nitrogen functional groups attached to an aromatic ring is 2. The smallest absolute Gasteiger partial charge is 0.185 e. The molecule has 0 saturated carbocycles. The first-order chi connectivity index (χ1) is 15.1. The summed E-state index contributed by atoms with van der Waals surface area (Å²) in [5.41, 5.74) is 16.5. The van der Waals surface area contributed by atoms with Gasteiger partial charge in [0.1, 0.15) is 11.5 Å². The molecule has 0 aromatic heterocycles. The third-order valence-electron chi connectivity index (χ3n) is 4.85. The molecular weight excluding hydrogens is 384 g/mol. The van der Waals surface area contributed by atoms with Gasteiger partial charge >= 0.3 is 0 Å². The first-order valence-electron chi connectivity index (χ1n) is 9.89. The van der Waals surface area contributed by atoms with Gasteiger partial charge in [-0.3, -0.25) is 4.79 Å². The summed E-state index contributed by atoms with van der Waals surface area (Å²) in [4.78, 5) is 12.2. The summed E-state index contributed by atoms with van der Waals surface area (Å²) in [6.07, 6.45) is 3.42. The molecule has 4 heteroatoms. The van der Waals surface area contributed by atoms with Gasteiger partial charge in [0.15, 0.2) is 5.78 Å². The Morgan fingerprint density at radius 1 is 0.742 bits per heavy atom. The lowest BCUT2D eigenvalue weighted by Crippen LogP contribution is -1.94. The Labute approximate surface area is 181 Å². The number of ketones is 1. The van der Waals surface area contributed by atoms with Crippen molar-refractivity contribution in [3.63, 3.8) is 0 Å². The van der Waals surface area contributed by atoms with E-state index in [-0.39, 0.29) is 5.78 Å². The van der Waals surface area contributed by atoms with E-state index in [1.54, 1.807) is 24.3 Å². The van der Waals surface area contributed by atoms with E-state index in [2.05, 4.69) is 0 Å². The van der Waals surface area contributed by atoms with Gasteiger partial charge in [-0.25, -0.2) is 0 Å². The highest BCUT2D eigenvalue weighted by Crippen LogP contribution is 2.30. The third kappa shape index (κ3) is 5.00. The molecule has 0 radical (unpaired) electrons. The zero-order valence-electron chi connectivity index (χ0n) is 16.9. The van der Waals surface area contributed by atoms with Crippen LogP contribution in [0.15, 0.2) is 103 Å². The fourth-order valence-electron chi connectivity index (χ4n) is 3.16. The van der Waals surface area contributed by atoms with E-state index in [9.17, 15) is 4.79 Å². The molecule has 0 atom stereocenters. The number of anilines is 2. The highest BCUT2D eigenvalue weighted by Gasteiger charge is 2.04. The minimum atomic E-state index is -0.0120. The summed E-state index contributed by atoms with van der Waals surface area (Å²) in [6.45, 7) is 0. The Morgan fingerprint density at radius 2 is 1.39 bits per heavy atom. The SMILES string of the molecule is Nc1ccc(Oc2ccc(-c3ccc(/C=C/C(=O)c4ccccc4)cc3)cc2)c(N)c1. The maximum absolute atomic E-state index is 12.2. The predicted molar refractivity (Wildman–Crippen MR) is 127 cm³/mol. The van der Waals surface area contributed by atoms with E-state index in [4.69, 9.17) is 16.2 Å². The van der Waals surface area contributed by atoms with Gasteiger partial charge in [0.2, 0.25) is 0 Å². The van der Waals surface area contributed by atoms with Gasteiger partial charge in [0, 0.05) is 11.3 Å². The van der Waals surface area contributed by atoms with Gasteiger partial charge in [0.25, 0.3) is 0 Å². The van der Waals surface area contributed by atoms with Crippen molar-refractivity contribution in [2.45, 2.75) is 0 Å². The van der Waals surface area contributed by atoms with Crippen molar-refractivity contribution in [1.82, 2.24) is 0 Å². The van der Waals surface area contributed by atoms with Crippen LogP contribution in [-0.2, 0) is 0 Å². The molecule has 0 spiro atoms. The Balaban J connectivity index is 1.43. The number of carbonyl (C=O) groups is 1. The van der Waals surface area contributed by atoms with Crippen molar-refractivity contribution in [2.75, 3.05) is 11.5 Å². The van der Waals surface area contributed by atoms with Crippen molar-refractivity contribution < 1.29 is 9.53 Å². The lowest BCUT2D eigenvalue weighted by atomic mass is 10.0. The summed E-state index contributed by atoms with van der Waals surface area (Å²) in [6, 6.07) is 30.2. The quantitative estimate of drug-likeness (QED) is 0.227. The largest absolute Gasteiger partial charge is 0.455 e. The van der Waals surface area contributed by atoms with Gasteiger partial charge in [-0.1, -0.05) is 72.8 Å². The second kappa shape index (κ2) is 9.01. The van der Waals surface area contributed by atoms with Gasteiger partial charge in [0.05, 0.1) is 5.69 Å². The number of carbonyl (C=O) groups excluding carboxylic acids is 1. The standard InChI is InChI=1S/C27H22N2O2/c28-23-13-17-27(25(29)18-23)31-24-14-11-21(12-15-24)20-9-6-19(7-10-20)8-16-26(30)22-4-2-1-3-5-22/h1-18H,28-29H2/b16-8+. The maximum atomic E-state index is 12.2. The van der Waals surface area contributed by atoms with Gasteiger partial charge in [-0.2, -0.15) is 0 Å². The first-order valence-corrected chi connectivity index (χ1v) is 9.89. The van der Waals surface area contributed by atoms with Crippen LogP contribution in [0.5, 0.6) is 11.5 Å². The van der Waals surface area contributed by atoms with Crippen molar-refractivity contribution in [3.05, 3.63) is 114 Å². The van der Waals surface area contributed by atoms with E-state index in [1.165, 1.54) is 0 Å². The minimum absolute atomic E-state index is 0.0120. The fraction of sp³-hybridized carbons (Fsp3) is 0. The summed E-state index contributed by atoms with van der Waals surface area (Å²) in [7, 11) is 0. The number of allylic oxidation sites excluding steroid dienone is 1. The Hall–Kier alpha value is -4.31. The van der Waals surface area contributed by atoms with Crippen LogP contribution in [0.25, 0.3) is 17.2 Å². The molecule has 0 aliphatic rings. The Bertz CT molecular complexity index is 1210. The second-order valence-electron chi connectivity index (χ2n) is 7.11. The van der Waals surface area contributed by atoms with Crippen molar-refractivity contribution in [3.8, 4) is 22.6 Å². The van der Waals surface area contributed by atoms with Crippen molar-refractivity contribution >= 4 is 23.2 Å². The van der Waals surface area contributed by atoms with E-state index >= 15 is 0 Å². The van der Waals surface area contributed by atoms with Crippen molar-refractivity contribution in [2.24, 2.45) is 0 Å². The van der Waals surface area contributed by atoms with E-state index in [0.717, 1.165) is 16.7 Å². The third-order valence-corrected chi connectivity index (χ3v) is 4.85. The van der Waals surface area contributed by atoms with Gasteiger partial charge in [-0.05, 0) is 53.1 Å². The molecule has 4 rings (SSSR count). The molecule has 31 heavy (non-hydrogen) atoms. The number of hydrogen-bond donors (Lipinski definition) is 2. The number of ether oxygens (including phenoxy) is 1. The summed E-state index contributed by atoms with van der Waals surface area (Å²) >= 11 is 0.